The third-order valence-electron chi connectivity index (χ3n) is 7.66. The molecule has 0 spiro atoms. The fourth-order valence-corrected chi connectivity index (χ4v) is 5.46. The largest absolute Gasteiger partial charge is 0.497 e. The Bertz CT molecular complexity index is 1380. The normalized spacial score (nSPS) is 15.7. The molecule has 0 aliphatic carbocycles. The fraction of sp³-hybridized carbons (Fsp3) is 0.379. The van der Waals surface area contributed by atoms with Crippen LogP contribution in [0, 0.1) is 11.3 Å². The Hall–Kier alpha value is -4.32. The Morgan fingerprint density at radius 1 is 1.13 bits per heavy atom. The molecule has 1 saturated heterocycles. The molecule has 2 aromatic carbocycles. The SMILES string of the molecule is COc1ccc(-n2nc(C#N)c3c2C(=O)N(C2CCN(c4ccccc4CN(C)C(C)=O)CC2)CC3)cc1. The molecule has 0 atom stereocenters. The number of amides is 2. The molecule has 0 radical (unpaired) electrons. The summed E-state index contributed by atoms with van der Waals surface area (Å²) in [6.45, 7) is 4.37. The van der Waals surface area contributed by atoms with Crippen molar-refractivity contribution in [3.05, 3.63) is 71.0 Å². The number of hydrogen-bond donors (Lipinski definition) is 0. The number of fused-ring (bicyclic) bond motifs is 1. The third-order valence-corrected chi connectivity index (χ3v) is 7.66. The topological polar surface area (TPSA) is 94.7 Å². The van der Waals surface area contributed by atoms with Gasteiger partial charge in [-0.1, -0.05) is 18.2 Å². The molecule has 2 amide bonds. The summed E-state index contributed by atoms with van der Waals surface area (Å²) in [5.74, 6) is 0.678. The molecule has 196 valence electrons. The first-order chi connectivity index (χ1) is 18.4. The summed E-state index contributed by atoms with van der Waals surface area (Å²) in [5.41, 5.74) is 4.51. The van der Waals surface area contributed by atoms with Gasteiger partial charge >= 0.3 is 0 Å². The van der Waals surface area contributed by atoms with Crippen molar-refractivity contribution in [2.75, 3.05) is 38.7 Å². The number of anilines is 1. The van der Waals surface area contributed by atoms with Crippen LogP contribution in [-0.4, -0.2) is 71.2 Å². The minimum absolute atomic E-state index is 0.0370. The minimum atomic E-state index is -0.0713. The predicted octanol–water partition coefficient (Wildman–Crippen LogP) is 3.40. The molecular weight excluding hydrogens is 480 g/mol. The van der Waals surface area contributed by atoms with Gasteiger partial charge in [-0.3, -0.25) is 9.59 Å². The number of hydrogen-bond acceptors (Lipinski definition) is 6. The van der Waals surface area contributed by atoms with E-state index in [4.69, 9.17) is 4.74 Å². The van der Waals surface area contributed by atoms with Crippen LogP contribution in [0.4, 0.5) is 5.69 Å². The average Bonchev–Trinajstić information content (AvgIpc) is 3.33. The highest BCUT2D eigenvalue weighted by molar-refractivity contribution is 5.96. The van der Waals surface area contributed by atoms with Crippen molar-refractivity contribution in [3.63, 3.8) is 0 Å². The molecule has 38 heavy (non-hydrogen) atoms. The molecule has 9 heteroatoms. The van der Waals surface area contributed by atoms with E-state index in [0.717, 1.165) is 48.4 Å². The quantitative estimate of drug-likeness (QED) is 0.503. The lowest BCUT2D eigenvalue weighted by molar-refractivity contribution is -0.128. The Kier molecular flexibility index (Phi) is 7.05. The van der Waals surface area contributed by atoms with E-state index < -0.39 is 0 Å². The lowest BCUT2D eigenvalue weighted by Crippen LogP contribution is -2.50. The zero-order valence-corrected chi connectivity index (χ0v) is 22.1. The first-order valence-electron chi connectivity index (χ1n) is 12.9. The van der Waals surface area contributed by atoms with Crippen LogP contribution in [0.5, 0.6) is 5.75 Å². The summed E-state index contributed by atoms with van der Waals surface area (Å²) in [4.78, 5) is 31.7. The summed E-state index contributed by atoms with van der Waals surface area (Å²) in [6.07, 6.45) is 2.31. The van der Waals surface area contributed by atoms with Gasteiger partial charge in [-0.25, -0.2) is 4.68 Å². The summed E-state index contributed by atoms with van der Waals surface area (Å²) in [6, 6.07) is 17.8. The van der Waals surface area contributed by atoms with Gasteiger partial charge in [0.2, 0.25) is 5.91 Å². The van der Waals surface area contributed by atoms with Gasteiger partial charge in [0.15, 0.2) is 5.69 Å². The number of carbonyl (C=O) groups is 2. The van der Waals surface area contributed by atoms with Crippen LogP contribution in [-0.2, 0) is 17.8 Å². The third kappa shape index (κ3) is 4.70. The first-order valence-corrected chi connectivity index (χ1v) is 12.9. The van der Waals surface area contributed by atoms with E-state index >= 15 is 0 Å². The molecule has 0 saturated carbocycles. The standard InChI is InChI=1S/C29H32N6O3/c1-20(36)32(2)19-21-6-4-5-7-27(21)33-15-12-22(13-16-33)34-17-14-25-26(18-30)31-35(28(25)29(34)37)23-8-10-24(38-3)11-9-23/h4-11,22H,12-17,19H2,1-3H3. The zero-order valence-electron chi connectivity index (χ0n) is 22.1. The molecule has 1 aromatic heterocycles. The van der Waals surface area contributed by atoms with Crippen LogP contribution in [0.3, 0.4) is 0 Å². The highest BCUT2D eigenvalue weighted by Gasteiger charge is 2.37. The number of rotatable bonds is 6. The molecule has 2 aliphatic heterocycles. The number of nitriles is 1. The number of methoxy groups -OCH3 is 1. The lowest BCUT2D eigenvalue weighted by Gasteiger charge is -2.41. The lowest BCUT2D eigenvalue weighted by atomic mass is 9.96. The summed E-state index contributed by atoms with van der Waals surface area (Å²) in [5, 5.41) is 14.2. The number of piperidine rings is 1. The number of carbonyl (C=O) groups excluding carboxylic acids is 2. The van der Waals surface area contributed by atoms with Crippen LogP contribution in [0.1, 0.15) is 47.1 Å². The first kappa shape index (κ1) is 25.3. The van der Waals surface area contributed by atoms with Gasteiger partial charge in [-0.05, 0) is 55.2 Å². The van der Waals surface area contributed by atoms with Crippen LogP contribution in [0.25, 0.3) is 5.69 Å². The number of benzene rings is 2. The summed E-state index contributed by atoms with van der Waals surface area (Å²) >= 11 is 0. The van der Waals surface area contributed by atoms with Crippen LogP contribution in [0.2, 0.25) is 0 Å². The van der Waals surface area contributed by atoms with E-state index in [1.165, 1.54) is 0 Å². The average molecular weight is 513 g/mol. The Morgan fingerprint density at radius 3 is 2.50 bits per heavy atom. The Balaban J connectivity index is 1.34. The van der Waals surface area contributed by atoms with Gasteiger partial charge in [0.25, 0.3) is 5.91 Å². The van der Waals surface area contributed by atoms with Crippen molar-refractivity contribution in [1.82, 2.24) is 19.6 Å². The van der Waals surface area contributed by atoms with E-state index in [9.17, 15) is 14.9 Å². The van der Waals surface area contributed by atoms with Crippen LogP contribution < -0.4 is 9.64 Å². The van der Waals surface area contributed by atoms with Crippen molar-refractivity contribution in [2.45, 2.75) is 38.8 Å². The highest BCUT2D eigenvalue weighted by atomic mass is 16.5. The van der Waals surface area contributed by atoms with E-state index in [-0.39, 0.29) is 17.9 Å². The van der Waals surface area contributed by atoms with Crippen molar-refractivity contribution >= 4 is 17.5 Å². The Labute approximate surface area is 222 Å². The van der Waals surface area contributed by atoms with Gasteiger partial charge in [0, 0.05) is 57.4 Å². The van der Waals surface area contributed by atoms with Crippen molar-refractivity contribution in [1.29, 1.82) is 5.26 Å². The monoisotopic (exact) mass is 512 g/mol. The molecule has 0 bridgehead atoms. The van der Waals surface area contributed by atoms with E-state index in [1.807, 2.05) is 48.3 Å². The van der Waals surface area contributed by atoms with Gasteiger partial charge in [0.05, 0.1) is 12.8 Å². The highest BCUT2D eigenvalue weighted by Crippen LogP contribution is 2.31. The molecular formula is C29H32N6O3. The molecule has 5 rings (SSSR count). The second kappa shape index (κ2) is 10.6. The number of aromatic nitrogens is 2. The molecule has 0 unspecified atom stereocenters. The fourth-order valence-electron chi connectivity index (χ4n) is 5.46. The zero-order chi connectivity index (χ0) is 26.8. The molecule has 2 aliphatic rings. The number of nitrogens with zero attached hydrogens (tertiary/aromatic N) is 6. The molecule has 0 N–H and O–H groups in total. The smallest absolute Gasteiger partial charge is 0.273 e. The molecule has 3 aromatic rings. The van der Waals surface area contributed by atoms with E-state index in [0.29, 0.717) is 36.6 Å². The number of ether oxygens (including phenoxy) is 1. The number of para-hydroxylation sites is 1. The minimum Gasteiger partial charge on any atom is -0.497 e. The summed E-state index contributed by atoms with van der Waals surface area (Å²) in [7, 11) is 3.42. The van der Waals surface area contributed by atoms with Gasteiger partial charge in [0.1, 0.15) is 17.5 Å². The van der Waals surface area contributed by atoms with Crippen LogP contribution in [0.15, 0.2) is 48.5 Å². The van der Waals surface area contributed by atoms with Gasteiger partial charge < -0.3 is 19.4 Å². The van der Waals surface area contributed by atoms with Crippen molar-refractivity contribution < 1.29 is 14.3 Å². The van der Waals surface area contributed by atoms with Gasteiger partial charge in [-0.2, -0.15) is 10.4 Å². The van der Waals surface area contributed by atoms with Crippen molar-refractivity contribution in [3.8, 4) is 17.5 Å². The van der Waals surface area contributed by atoms with Crippen LogP contribution >= 0.6 is 0 Å². The predicted molar refractivity (Wildman–Crippen MR) is 143 cm³/mol. The molecule has 9 nitrogen and oxygen atoms in total. The second-order valence-corrected chi connectivity index (χ2v) is 9.87. The van der Waals surface area contributed by atoms with Crippen molar-refractivity contribution in [2.24, 2.45) is 0 Å². The maximum Gasteiger partial charge on any atom is 0.273 e. The summed E-state index contributed by atoms with van der Waals surface area (Å²) < 4.78 is 6.87. The van der Waals surface area contributed by atoms with E-state index in [1.54, 1.807) is 23.6 Å². The Morgan fingerprint density at radius 2 is 1.84 bits per heavy atom. The second-order valence-electron chi connectivity index (χ2n) is 9.87. The van der Waals surface area contributed by atoms with E-state index in [2.05, 4.69) is 28.2 Å². The maximum absolute atomic E-state index is 13.8. The molecule has 1 fully saturated rings. The maximum atomic E-state index is 13.8. The molecule has 3 heterocycles. The van der Waals surface area contributed by atoms with Gasteiger partial charge in [-0.15, -0.1) is 0 Å².